The molecule has 0 bridgehead atoms. The van der Waals surface area contributed by atoms with E-state index in [1.807, 2.05) is 45.0 Å². The van der Waals surface area contributed by atoms with Crippen molar-refractivity contribution in [2.75, 3.05) is 39.9 Å². The molecule has 7 N–H and O–H groups in total. The average Bonchev–Trinajstić information content (AvgIpc) is 3.83. The van der Waals surface area contributed by atoms with Crippen LogP contribution in [0.4, 0.5) is 9.59 Å². The number of hydrogen-bond donors (Lipinski definition) is 5. The number of aliphatic hydroxyl groups is 1. The van der Waals surface area contributed by atoms with Crippen molar-refractivity contribution in [3.8, 4) is 0 Å². The zero-order valence-corrected chi connectivity index (χ0v) is 33.1. The highest BCUT2D eigenvalue weighted by Crippen LogP contribution is 2.37. The van der Waals surface area contributed by atoms with Crippen molar-refractivity contribution in [2.45, 2.75) is 77.4 Å². The van der Waals surface area contributed by atoms with Gasteiger partial charge in [0.1, 0.15) is 11.2 Å². The van der Waals surface area contributed by atoms with Crippen LogP contribution in [0.25, 0.3) is 21.8 Å². The Balaban J connectivity index is 0.000000215. The third-order valence-electron chi connectivity index (χ3n) is 10.0. The number of piperidine rings is 2. The molecule has 6 rings (SSSR count). The molecule has 0 saturated carbocycles. The van der Waals surface area contributed by atoms with Crippen LogP contribution in [0.1, 0.15) is 98.1 Å². The van der Waals surface area contributed by atoms with Crippen LogP contribution >= 0.6 is 0 Å². The van der Waals surface area contributed by atoms with E-state index in [9.17, 15) is 29.1 Å². The molecule has 2 aliphatic heterocycles. The fourth-order valence-corrected chi connectivity index (χ4v) is 7.65. The standard InChI is InChI=1S/C21H27N3O5.C20H27N3O4/c1-21(2,3)29-20(27)24-10-12(9-13(11-24)19(26)28-4)14-5-6-16(18(22)25)17-15(14)7-8-23-17;1-20(2,3)27-19(26)23-9-12(11-24)8-13(10-23)14-4-5-16(18(21)25)17-15(14)6-7-22-17/h5-8,12-13,23H,9-11H2,1-4H3,(H2,22,25);4-7,12-13,22,24H,8-11H2,1-3H3,(H2,21,25). The molecule has 56 heavy (non-hydrogen) atoms. The molecular weight excluding hydrogens is 720 g/mol. The fourth-order valence-electron chi connectivity index (χ4n) is 7.65. The summed E-state index contributed by atoms with van der Waals surface area (Å²) >= 11 is 0. The SMILES string of the molecule is CC(C)(C)OC(=O)N1CC(CO)CC(c2ccc(C(N)=O)c3[nH]ccc23)C1.COC(=O)C1CC(c2ccc(C(N)=O)c3[nH]ccc23)CN(C(=O)OC(C)(C)C)C1. The molecule has 2 saturated heterocycles. The molecular formula is C41H54N6O9. The summed E-state index contributed by atoms with van der Waals surface area (Å²) < 4.78 is 16.0. The van der Waals surface area contributed by atoms with Crippen LogP contribution in [-0.2, 0) is 19.0 Å². The predicted octanol–water partition coefficient (Wildman–Crippen LogP) is 5.38. The molecule has 0 spiro atoms. The smallest absolute Gasteiger partial charge is 0.410 e. The predicted molar refractivity (Wildman–Crippen MR) is 210 cm³/mol. The third kappa shape index (κ3) is 9.62. The second kappa shape index (κ2) is 16.7. The van der Waals surface area contributed by atoms with Crippen molar-refractivity contribution in [3.05, 3.63) is 71.0 Å². The molecule has 4 unspecified atom stereocenters. The summed E-state index contributed by atoms with van der Waals surface area (Å²) in [6.07, 6.45) is 3.97. The number of benzene rings is 2. The van der Waals surface area contributed by atoms with Crippen LogP contribution in [0, 0.1) is 11.8 Å². The van der Waals surface area contributed by atoms with Gasteiger partial charge in [-0.05, 0) is 89.8 Å². The number of ether oxygens (including phenoxy) is 3. The molecule has 4 amide bonds. The van der Waals surface area contributed by atoms with Crippen molar-refractivity contribution in [1.82, 2.24) is 19.8 Å². The number of carbonyl (C=O) groups excluding carboxylic acids is 5. The minimum absolute atomic E-state index is 0.00540. The first-order valence-corrected chi connectivity index (χ1v) is 18.7. The highest BCUT2D eigenvalue weighted by molar-refractivity contribution is 6.06. The van der Waals surface area contributed by atoms with E-state index in [0.717, 1.165) is 28.3 Å². The summed E-state index contributed by atoms with van der Waals surface area (Å²) in [5.74, 6) is -1.94. The van der Waals surface area contributed by atoms with Gasteiger partial charge >= 0.3 is 18.2 Å². The van der Waals surface area contributed by atoms with Gasteiger partial charge in [0.2, 0.25) is 0 Å². The Bertz CT molecular complexity index is 2090. The number of esters is 1. The van der Waals surface area contributed by atoms with Crippen LogP contribution in [0.2, 0.25) is 0 Å². The molecule has 15 nitrogen and oxygen atoms in total. The average molecular weight is 775 g/mol. The van der Waals surface area contributed by atoms with Crippen LogP contribution in [0.15, 0.2) is 48.8 Å². The van der Waals surface area contributed by atoms with E-state index in [1.165, 1.54) is 7.11 Å². The number of fused-ring (bicyclic) bond motifs is 2. The number of methoxy groups -OCH3 is 1. The highest BCUT2D eigenvalue weighted by Gasteiger charge is 2.38. The molecule has 0 aliphatic carbocycles. The Labute approximate surface area is 326 Å². The molecule has 0 radical (unpaired) electrons. The molecule has 4 atom stereocenters. The van der Waals surface area contributed by atoms with Crippen LogP contribution in [0.3, 0.4) is 0 Å². The number of nitrogens with two attached hydrogens (primary N) is 2. The Morgan fingerprint density at radius 2 is 1.14 bits per heavy atom. The van der Waals surface area contributed by atoms with Gasteiger partial charge in [0, 0.05) is 73.7 Å². The van der Waals surface area contributed by atoms with Gasteiger partial charge in [-0.2, -0.15) is 0 Å². The summed E-state index contributed by atoms with van der Waals surface area (Å²) in [6.45, 7) is 12.5. The Morgan fingerprint density at radius 1 is 0.696 bits per heavy atom. The van der Waals surface area contributed by atoms with E-state index in [1.54, 1.807) is 55.1 Å². The van der Waals surface area contributed by atoms with Crippen LogP contribution in [-0.4, -0.2) is 106 Å². The van der Waals surface area contributed by atoms with Crippen molar-refractivity contribution < 1.29 is 43.3 Å². The number of nitrogens with zero attached hydrogens (tertiary/aromatic N) is 2. The number of amides is 4. The molecule has 302 valence electrons. The lowest BCUT2D eigenvalue weighted by Crippen LogP contribution is -2.47. The fraction of sp³-hybridized carbons (Fsp3) is 0.488. The summed E-state index contributed by atoms with van der Waals surface area (Å²) in [5, 5.41) is 11.5. The van der Waals surface area contributed by atoms with E-state index in [-0.39, 0.29) is 43.0 Å². The number of likely N-dealkylation sites (tertiary alicyclic amines) is 2. The topological polar surface area (TPSA) is 223 Å². The minimum Gasteiger partial charge on any atom is -0.469 e. The maximum atomic E-state index is 12.7. The second-order valence-electron chi connectivity index (χ2n) is 16.6. The lowest BCUT2D eigenvalue weighted by Gasteiger charge is -2.38. The first-order valence-electron chi connectivity index (χ1n) is 18.7. The third-order valence-corrected chi connectivity index (χ3v) is 10.0. The Kier molecular flexibility index (Phi) is 12.4. The monoisotopic (exact) mass is 774 g/mol. The van der Waals surface area contributed by atoms with E-state index in [0.29, 0.717) is 48.2 Å². The number of carbonyl (C=O) groups is 5. The first-order chi connectivity index (χ1) is 26.3. The van der Waals surface area contributed by atoms with Crippen molar-refractivity contribution in [3.63, 3.8) is 0 Å². The van der Waals surface area contributed by atoms with E-state index in [2.05, 4.69) is 9.97 Å². The summed E-state index contributed by atoms with van der Waals surface area (Å²) in [4.78, 5) is 70.3. The largest absolute Gasteiger partial charge is 0.469 e. The Morgan fingerprint density at radius 3 is 1.55 bits per heavy atom. The van der Waals surface area contributed by atoms with Crippen molar-refractivity contribution >= 4 is 51.8 Å². The number of nitrogens with one attached hydrogen (secondary N) is 2. The van der Waals surface area contributed by atoms with E-state index >= 15 is 0 Å². The Hall–Kier alpha value is -5.57. The highest BCUT2D eigenvalue weighted by atomic mass is 16.6. The molecule has 2 aliphatic rings. The molecule has 4 heterocycles. The summed E-state index contributed by atoms with van der Waals surface area (Å²) in [7, 11) is 1.34. The van der Waals surface area contributed by atoms with E-state index in [4.69, 9.17) is 25.7 Å². The van der Waals surface area contributed by atoms with Gasteiger partial charge in [-0.1, -0.05) is 12.1 Å². The lowest BCUT2D eigenvalue weighted by molar-refractivity contribution is -0.147. The molecule has 15 heteroatoms. The molecule has 4 aromatic rings. The zero-order chi connectivity index (χ0) is 41.1. The lowest BCUT2D eigenvalue weighted by atomic mass is 9.83. The van der Waals surface area contributed by atoms with Crippen LogP contribution < -0.4 is 11.5 Å². The second-order valence-corrected chi connectivity index (χ2v) is 16.6. The minimum atomic E-state index is -0.637. The van der Waals surface area contributed by atoms with Gasteiger partial charge < -0.3 is 50.6 Å². The van der Waals surface area contributed by atoms with Gasteiger partial charge in [-0.3, -0.25) is 14.4 Å². The number of aromatic amines is 2. The number of hydrogen-bond acceptors (Lipinski definition) is 9. The summed E-state index contributed by atoms with van der Waals surface area (Å²) in [5.41, 5.74) is 13.9. The van der Waals surface area contributed by atoms with E-state index < -0.39 is 35.0 Å². The molecule has 2 aromatic heterocycles. The van der Waals surface area contributed by atoms with Gasteiger partial charge in [0.15, 0.2) is 0 Å². The normalized spacial score (nSPS) is 20.2. The van der Waals surface area contributed by atoms with Crippen LogP contribution in [0.5, 0.6) is 0 Å². The number of aliphatic hydroxyl groups excluding tert-OH is 1. The first kappa shape index (κ1) is 41.6. The van der Waals surface area contributed by atoms with Gasteiger partial charge in [0.25, 0.3) is 11.8 Å². The maximum absolute atomic E-state index is 12.7. The number of H-pyrrole nitrogens is 2. The van der Waals surface area contributed by atoms with Gasteiger partial charge in [-0.25, -0.2) is 9.59 Å². The number of aromatic nitrogens is 2. The summed E-state index contributed by atoms with van der Waals surface area (Å²) in [6, 6.07) is 10.9. The molecule has 2 aromatic carbocycles. The number of primary amides is 2. The maximum Gasteiger partial charge on any atom is 0.410 e. The number of rotatable bonds is 6. The van der Waals surface area contributed by atoms with Gasteiger partial charge in [-0.15, -0.1) is 0 Å². The van der Waals surface area contributed by atoms with Crippen molar-refractivity contribution in [2.24, 2.45) is 23.3 Å². The van der Waals surface area contributed by atoms with Crippen molar-refractivity contribution in [1.29, 1.82) is 0 Å². The quantitative estimate of drug-likeness (QED) is 0.125. The zero-order valence-electron chi connectivity index (χ0n) is 33.1. The van der Waals surface area contributed by atoms with Gasteiger partial charge in [0.05, 0.1) is 35.2 Å². The molecule has 2 fully saturated rings.